The maximum absolute atomic E-state index is 13.3. The Hall–Kier alpha value is -2.47. The molecular formula is C21H21N3O2S. The molecule has 0 spiro atoms. The number of aromatic nitrogens is 2. The third-order valence-electron chi connectivity index (χ3n) is 5.74. The van der Waals surface area contributed by atoms with Crippen LogP contribution in [0.25, 0.3) is 10.2 Å². The molecule has 1 amide bonds. The van der Waals surface area contributed by atoms with Gasteiger partial charge in [0, 0.05) is 25.2 Å². The van der Waals surface area contributed by atoms with E-state index in [2.05, 4.69) is 6.07 Å². The van der Waals surface area contributed by atoms with Gasteiger partial charge in [-0.1, -0.05) is 24.6 Å². The first-order valence-electron chi connectivity index (χ1n) is 9.58. The second-order valence-corrected chi connectivity index (χ2v) is 8.37. The van der Waals surface area contributed by atoms with Crippen molar-refractivity contribution in [1.29, 1.82) is 0 Å². The molecule has 2 aliphatic rings. The monoisotopic (exact) mass is 379 g/mol. The van der Waals surface area contributed by atoms with Gasteiger partial charge >= 0.3 is 0 Å². The predicted molar refractivity (Wildman–Crippen MR) is 108 cm³/mol. The van der Waals surface area contributed by atoms with Gasteiger partial charge in [0.05, 0.1) is 10.3 Å². The van der Waals surface area contributed by atoms with E-state index in [4.69, 9.17) is 4.98 Å². The van der Waals surface area contributed by atoms with E-state index < -0.39 is 0 Å². The largest absolute Gasteiger partial charge is 0.307 e. The molecular weight excluding hydrogens is 358 g/mol. The molecule has 6 heteroatoms. The summed E-state index contributed by atoms with van der Waals surface area (Å²) >= 11 is 1.37. The molecule has 5 nitrogen and oxygen atoms in total. The Morgan fingerprint density at radius 1 is 1.11 bits per heavy atom. The van der Waals surface area contributed by atoms with E-state index >= 15 is 0 Å². The number of hydrogen-bond donors (Lipinski definition) is 0. The highest BCUT2D eigenvalue weighted by Crippen LogP contribution is 2.34. The number of benzene rings is 1. The fraction of sp³-hybridized carbons (Fsp3) is 0.381. The predicted octanol–water partition coefficient (Wildman–Crippen LogP) is 3.70. The van der Waals surface area contributed by atoms with Gasteiger partial charge in [0.2, 0.25) is 0 Å². The maximum atomic E-state index is 13.3. The van der Waals surface area contributed by atoms with Crippen LogP contribution < -0.4 is 10.5 Å². The van der Waals surface area contributed by atoms with Crippen LogP contribution in [0, 0.1) is 6.92 Å². The van der Waals surface area contributed by atoms with Gasteiger partial charge in [0.15, 0.2) is 0 Å². The van der Waals surface area contributed by atoms with Crippen molar-refractivity contribution in [3.8, 4) is 0 Å². The average molecular weight is 379 g/mol. The molecule has 138 valence electrons. The topological polar surface area (TPSA) is 55.2 Å². The molecule has 4 heterocycles. The van der Waals surface area contributed by atoms with E-state index in [0.29, 0.717) is 21.6 Å². The van der Waals surface area contributed by atoms with Crippen LogP contribution in [0.5, 0.6) is 0 Å². The standard InChI is InChI=1S/C21H21N3O2S/c1-13-17-19(22-16-9-3-2-6-11-24(16)20(17)25)27-18(13)21(26)23-12-10-14-7-4-5-8-15(14)23/h4-5,7-8H,2-3,6,9-12H2,1H3. The molecule has 0 unspecified atom stereocenters. The molecule has 3 aromatic rings. The lowest BCUT2D eigenvalue weighted by Gasteiger charge is -2.16. The molecule has 0 saturated carbocycles. The summed E-state index contributed by atoms with van der Waals surface area (Å²) in [5.74, 6) is 0.858. The van der Waals surface area contributed by atoms with Crippen molar-refractivity contribution >= 4 is 33.1 Å². The van der Waals surface area contributed by atoms with Gasteiger partial charge in [-0.25, -0.2) is 4.98 Å². The molecule has 0 radical (unpaired) electrons. The van der Waals surface area contributed by atoms with E-state index in [1.54, 1.807) is 0 Å². The lowest BCUT2D eigenvalue weighted by molar-refractivity contribution is 0.0993. The quantitative estimate of drug-likeness (QED) is 0.648. The Morgan fingerprint density at radius 3 is 2.85 bits per heavy atom. The third kappa shape index (κ3) is 2.54. The molecule has 0 atom stereocenters. The number of amides is 1. The van der Waals surface area contributed by atoms with Crippen molar-refractivity contribution in [3.63, 3.8) is 0 Å². The number of rotatable bonds is 1. The van der Waals surface area contributed by atoms with Crippen LogP contribution in [-0.4, -0.2) is 22.0 Å². The van der Waals surface area contributed by atoms with Crippen LogP contribution in [0.15, 0.2) is 29.1 Å². The summed E-state index contributed by atoms with van der Waals surface area (Å²) in [6, 6.07) is 8.05. The van der Waals surface area contributed by atoms with Gasteiger partial charge in [-0.2, -0.15) is 0 Å². The highest BCUT2D eigenvalue weighted by atomic mass is 32.1. The van der Waals surface area contributed by atoms with E-state index in [1.807, 2.05) is 34.6 Å². The highest BCUT2D eigenvalue weighted by Gasteiger charge is 2.29. The number of hydrogen-bond acceptors (Lipinski definition) is 4. The van der Waals surface area contributed by atoms with Gasteiger partial charge in [-0.15, -0.1) is 11.3 Å². The van der Waals surface area contributed by atoms with Gasteiger partial charge in [-0.05, 0) is 43.4 Å². The van der Waals surface area contributed by atoms with Crippen molar-refractivity contribution in [2.24, 2.45) is 0 Å². The van der Waals surface area contributed by atoms with Crippen LogP contribution in [-0.2, 0) is 19.4 Å². The molecule has 1 aromatic carbocycles. The molecule has 27 heavy (non-hydrogen) atoms. The van der Waals surface area contributed by atoms with Gasteiger partial charge in [0.25, 0.3) is 11.5 Å². The van der Waals surface area contributed by atoms with Crippen LogP contribution in [0.2, 0.25) is 0 Å². The van der Waals surface area contributed by atoms with E-state index in [9.17, 15) is 9.59 Å². The van der Waals surface area contributed by atoms with Crippen LogP contribution in [0.1, 0.15) is 45.9 Å². The van der Waals surface area contributed by atoms with E-state index in [1.165, 1.54) is 16.9 Å². The zero-order valence-electron chi connectivity index (χ0n) is 15.3. The summed E-state index contributed by atoms with van der Waals surface area (Å²) in [6.07, 6.45) is 4.93. The summed E-state index contributed by atoms with van der Waals surface area (Å²) in [7, 11) is 0. The minimum absolute atomic E-state index is 0.0138. The summed E-state index contributed by atoms with van der Waals surface area (Å²) < 4.78 is 1.83. The second kappa shape index (κ2) is 6.30. The number of carbonyl (C=O) groups is 1. The number of carbonyl (C=O) groups excluding carboxylic acids is 1. The van der Waals surface area contributed by atoms with Crippen LogP contribution in [0.3, 0.4) is 0 Å². The highest BCUT2D eigenvalue weighted by molar-refractivity contribution is 7.20. The lowest BCUT2D eigenvalue weighted by Crippen LogP contribution is -2.28. The summed E-state index contributed by atoms with van der Waals surface area (Å²) in [5.41, 5.74) is 2.99. The van der Waals surface area contributed by atoms with E-state index in [-0.39, 0.29) is 11.5 Å². The number of fused-ring (bicyclic) bond motifs is 3. The second-order valence-electron chi connectivity index (χ2n) is 7.37. The zero-order valence-corrected chi connectivity index (χ0v) is 16.1. The normalized spacial score (nSPS) is 16.3. The molecule has 0 bridgehead atoms. The SMILES string of the molecule is Cc1c(C(=O)N2CCc3ccccc32)sc2nc3n(c(=O)c12)CCCCC3. The average Bonchev–Trinajstić information content (AvgIpc) is 3.15. The van der Waals surface area contributed by atoms with Crippen LogP contribution >= 0.6 is 11.3 Å². The van der Waals surface area contributed by atoms with Crippen molar-refractivity contribution < 1.29 is 4.79 Å². The van der Waals surface area contributed by atoms with Gasteiger partial charge in [0.1, 0.15) is 10.7 Å². The Labute approximate surface area is 161 Å². The fourth-order valence-corrected chi connectivity index (χ4v) is 5.43. The summed E-state index contributed by atoms with van der Waals surface area (Å²) in [4.78, 5) is 34.4. The Morgan fingerprint density at radius 2 is 1.96 bits per heavy atom. The van der Waals surface area contributed by atoms with Gasteiger partial charge < -0.3 is 4.90 Å². The summed E-state index contributed by atoms with van der Waals surface area (Å²) in [6.45, 7) is 3.31. The minimum Gasteiger partial charge on any atom is -0.307 e. The molecule has 0 saturated heterocycles. The molecule has 0 N–H and O–H groups in total. The number of aryl methyl sites for hydroxylation is 2. The van der Waals surface area contributed by atoms with Gasteiger partial charge in [-0.3, -0.25) is 14.2 Å². The number of thiophene rings is 1. The van der Waals surface area contributed by atoms with Crippen LogP contribution in [0.4, 0.5) is 5.69 Å². The molecule has 2 aromatic heterocycles. The van der Waals surface area contributed by atoms with Crippen molar-refractivity contribution in [1.82, 2.24) is 9.55 Å². The maximum Gasteiger partial charge on any atom is 0.268 e. The minimum atomic E-state index is -0.0138. The van der Waals surface area contributed by atoms with Crippen molar-refractivity contribution in [2.45, 2.75) is 45.6 Å². The first-order valence-corrected chi connectivity index (χ1v) is 10.4. The lowest BCUT2D eigenvalue weighted by atomic mass is 10.1. The smallest absolute Gasteiger partial charge is 0.268 e. The number of nitrogens with zero attached hydrogens (tertiary/aromatic N) is 3. The molecule has 0 aliphatic carbocycles. The Kier molecular flexibility index (Phi) is 3.90. The first-order chi connectivity index (χ1) is 13.1. The Balaban J connectivity index is 1.63. The number of para-hydroxylation sites is 1. The third-order valence-corrected chi connectivity index (χ3v) is 6.91. The van der Waals surface area contributed by atoms with E-state index in [0.717, 1.165) is 55.7 Å². The van der Waals surface area contributed by atoms with Crippen molar-refractivity contribution in [3.05, 3.63) is 56.4 Å². The molecule has 2 aliphatic heterocycles. The Bertz CT molecular complexity index is 1130. The molecule has 0 fully saturated rings. The summed E-state index contributed by atoms with van der Waals surface area (Å²) in [5, 5.41) is 0.626. The van der Waals surface area contributed by atoms with Crippen molar-refractivity contribution in [2.75, 3.05) is 11.4 Å². The first kappa shape index (κ1) is 16.7. The number of anilines is 1. The fourth-order valence-electron chi connectivity index (χ4n) is 4.29. The zero-order chi connectivity index (χ0) is 18.5. The molecule has 5 rings (SSSR count).